The van der Waals surface area contributed by atoms with Crippen molar-refractivity contribution in [2.45, 2.75) is 45.0 Å². The molecular formula is C10H18BrN3. The molecule has 0 aromatic carbocycles. The van der Waals surface area contributed by atoms with E-state index in [2.05, 4.69) is 46.8 Å². The van der Waals surface area contributed by atoms with E-state index in [4.69, 9.17) is 0 Å². The number of halogens is 1. The first-order chi connectivity index (χ1) is 6.63. The summed E-state index contributed by atoms with van der Waals surface area (Å²) < 4.78 is 1.97. The highest BCUT2D eigenvalue weighted by Crippen LogP contribution is 2.16. The van der Waals surface area contributed by atoms with Gasteiger partial charge in [0.05, 0.1) is 0 Å². The molecule has 4 heteroatoms. The Hall–Kier alpha value is -0.380. The van der Waals surface area contributed by atoms with E-state index in [9.17, 15) is 0 Å². The van der Waals surface area contributed by atoms with Crippen LogP contribution in [0.1, 0.15) is 33.0 Å². The SMILES string of the molecule is CCn1ncnc1CC(C)CC(C)Br. The van der Waals surface area contributed by atoms with Crippen molar-refractivity contribution in [3.8, 4) is 0 Å². The van der Waals surface area contributed by atoms with Crippen molar-refractivity contribution in [2.24, 2.45) is 5.92 Å². The molecule has 2 atom stereocenters. The lowest BCUT2D eigenvalue weighted by atomic mass is 10.0. The quantitative estimate of drug-likeness (QED) is 0.762. The standard InChI is InChI=1S/C10H18BrN3/c1-4-14-10(12-7-13-14)6-8(2)5-9(3)11/h7-9H,4-6H2,1-3H3. The molecule has 0 fully saturated rings. The summed E-state index contributed by atoms with van der Waals surface area (Å²) in [7, 11) is 0. The highest BCUT2D eigenvalue weighted by Gasteiger charge is 2.10. The van der Waals surface area contributed by atoms with Crippen molar-refractivity contribution < 1.29 is 0 Å². The van der Waals surface area contributed by atoms with Crippen LogP contribution in [0.4, 0.5) is 0 Å². The van der Waals surface area contributed by atoms with Crippen molar-refractivity contribution in [2.75, 3.05) is 0 Å². The lowest BCUT2D eigenvalue weighted by Crippen LogP contribution is -2.11. The zero-order valence-electron chi connectivity index (χ0n) is 9.07. The van der Waals surface area contributed by atoms with Crippen LogP contribution in [0, 0.1) is 5.92 Å². The average Bonchev–Trinajstić information content (AvgIpc) is 2.50. The molecule has 0 spiro atoms. The molecule has 0 amide bonds. The molecule has 0 aliphatic carbocycles. The minimum atomic E-state index is 0.579. The van der Waals surface area contributed by atoms with Crippen LogP contribution in [0.2, 0.25) is 0 Å². The summed E-state index contributed by atoms with van der Waals surface area (Å²) in [4.78, 5) is 4.85. The summed E-state index contributed by atoms with van der Waals surface area (Å²) in [5, 5.41) is 4.16. The maximum atomic E-state index is 4.27. The van der Waals surface area contributed by atoms with Gasteiger partial charge in [-0.2, -0.15) is 5.10 Å². The van der Waals surface area contributed by atoms with E-state index in [-0.39, 0.29) is 0 Å². The maximum Gasteiger partial charge on any atom is 0.138 e. The Bertz CT molecular complexity index is 270. The van der Waals surface area contributed by atoms with Crippen molar-refractivity contribution in [3.05, 3.63) is 12.2 Å². The van der Waals surface area contributed by atoms with Crippen molar-refractivity contribution in [1.29, 1.82) is 0 Å². The number of rotatable bonds is 5. The number of hydrogen-bond acceptors (Lipinski definition) is 2. The summed E-state index contributed by atoms with van der Waals surface area (Å²) in [5.41, 5.74) is 0. The predicted octanol–water partition coefficient (Wildman–Crippen LogP) is 2.65. The number of nitrogens with zero attached hydrogens (tertiary/aromatic N) is 3. The third kappa shape index (κ3) is 3.40. The van der Waals surface area contributed by atoms with Gasteiger partial charge >= 0.3 is 0 Å². The smallest absolute Gasteiger partial charge is 0.138 e. The van der Waals surface area contributed by atoms with Gasteiger partial charge in [-0.3, -0.25) is 4.68 Å². The van der Waals surface area contributed by atoms with Gasteiger partial charge in [0, 0.05) is 17.8 Å². The Labute approximate surface area is 94.0 Å². The van der Waals surface area contributed by atoms with E-state index in [1.165, 1.54) is 6.42 Å². The van der Waals surface area contributed by atoms with Crippen molar-refractivity contribution in [3.63, 3.8) is 0 Å². The van der Waals surface area contributed by atoms with E-state index in [1.807, 2.05) is 4.68 Å². The molecule has 1 aromatic heterocycles. The molecule has 0 aliphatic heterocycles. The zero-order chi connectivity index (χ0) is 10.6. The molecule has 0 N–H and O–H groups in total. The number of hydrogen-bond donors (Lipinski definition) is 0. The molecule has 0 saturated carbocycles. The molecule has 1 heterocycles. The van der Waals surface area contributed by atoms with Gasteiger partial charge in [-0.25, -0.2) is 4.98 Å². The lowest BCUT2D eigenvalue weighted by Gasteiger charge is -2.12. The summed E-state index contributed by atoms with van der Waals surface area (Å²) in [6, 6.07) is 0. The van der Waals surface area contributed by atoms with Crippen LogP contribution >= 0.6 is 15.9 Å². The van der Waals surface area contributed by atoms with Gasteiger partial charge in [-0.05, 0) is 19.3 Å². The molecule has 0 radical (unpaired) electrons. The van der Waals surface area contributed by atoms with E-state index in [1.54, 1.807) is 6.33 Å². The Balaban J connectivity index is 2.51. The molecule has 0 bridgehead atoms. The van der Waals surface area contributed by atoms with Gasteiger partial charge < -0.3 is 0 Å². The van der Waals surface area contributed by atoms with Gasteiger partial charge in [0.15, 0.2) is 0 Å². The number of aryl methyl sites for hydroxylation is 1. The second-order valence-electron chi connectivity index (χ2n) is 3.82. The summed E-state index contributed by atoms with van der Waals surface area (Å²) in [6.45, 7) is 7.44. The molecule has 2 unspecified atom stereocenters. The largest absolute Gasteiger partial charge is 0.250 e. The van der Waals surface area contributed by atoms with Crippen LogP contribution in [-0.4, -0.2) is 19.6 Å². The summed E-state index contributed by atoms with van der Waals surface area (Å²) in [5.74, 6) is 1.76. The first kappa shape index (κ1) is 11.7. The molecule has 1 aromatic rings. The fraction of sp³-hybridized carbons (Fsp3) is 0.800. The highest BCUT2D eigenvalue weighted by molar-refractivity contribution is 9.09. The second kappa shape index (κ2) is 5.49. The fourth-order valence-electron chi connectivity index (χ4n) is 1.66. The molecule has 14 heavy (non-hydrogen) atoms. The molecule has 80 valence electrons. The Kier molecular flexibility index (Phi) is 4.58. The summed E-state index contributed by atoms with van der Waals surface area (Å²) in [6.07, 6.45) is 3.84. The molecule has 0 saturated heterocycles. The van der Waals surface area contributed by atoms with Gasteiger partial charge in [-0.1, -0.05) is 29.8 Å². The topological polar surface area (TPSA) is 30.7 Å². The molecular weight excluding hydrogens is 242 g/mol. The monoisotopic (exact) mass is 259 g/mol. The third-order valence-electron chi connectivity index (χ3n) is 2.25. The van der Waals surface area contributed by atoms with E-state index >= 15 is 0 Å². The van der Waals surface area contributed by atoms with E-state index in [0.29, 0.717) is 10.7 Å². The van der Waals surface area contributed by atoms with Gasteiger partial charge in [0.2, 0.25) is 0 Å². The zero-order valence-corrected chi connectivity index (χ0v) is 10.7. The first-order valence-electron chi connectivity index (χ1n) is 5.14. The van der Waals surface area contributed by atoms with E-state index in [0.717, 1.165) is 18.8 Å². The molecule has 3 nitrogen and oxygen atoms in total. The van der Waals surface area contributed by atoms with Crippen LogP contribution in [0.3, 0.4) is 0 Å². The van der Waals surface area contributed by atoms with Gasteiger partial charge in [0.25, 0.3) is 0 Å². The number of alkyl halides is 1. The van der Waals surface area contributed by atoms with Crippen LogP contribution in [0.25, 0.3) is 0 Å². The normalized spacial score (nSPS) is 15.4. The molecule has 0 aliphatic rings. The molecule has 1 rings (SSSR count). The maximum absolute atomic E-state index is 4.27. The van der Waals surface area contributed by atoms with Crippen LogP contribution in [0.5, 0.6) is 0 Å². The van der Waals surface area contributed by atoms with Crippen LogP contribution in [-0.2, 0) is 13.0 Å². The minimum Gasteiger partial charge on any atom is -0.250 e. The van der Waals surface area contributed by atoms with Crippen molar-refractivity contribution >= 4 is 15.9 Å². The Morgan fingerprint density at radius 1 is 1.50 bits per heavy atom. The highest BCUT2D eigenvalue weighted by atomic mass is 79.9. The second-order valence-corrected chi connectivity index (χ2v) is 5.38. The first-order valence-corrected chi connectivity index (χ1v) is 6.05. The third-order valence-corrected chi connectivity index (χ3v) is 2.63. The summed E-state index contributed by atoms with van der Waals surface area (Å²) >= 11 is 3.57. The number of aromatic nitrogens is 3. The Morgan fingerprint density at radius 3 is 2.79 bits per heavy atom. The van der Waals surface area contributed by atoms with Gasteiger partial charge in [0.1, 0.15) is 12.2 Å². The minimum absolute atomic E-state index is 0.579. The Morgan fingerprint density at radius 2 is 2.21 bits per heavy atom. The average molecular weight is 260 g/mol. The van der Waals surface area contributed by atoms with Crippen LogP contribution < -0.4 is 0 Å². The van der Waals surface area contributed by atoms with Gasteiger partial charge in [-0.15, -0.1) is 0 Å². The van der Waals surface area contributed by atoms with E-state index < -0.39 is 0 Å². The van der Waals surface area contributed by atoms with Crippen LogP contribution in [0.15, 0.2) is 6.33 Å². The fourth-order valence-corrected chi connectivity index (χ4v) is 2.30. The van der Waals surface area contributed by atoms with Crippen molar-refractivity contribution in [1.82, 2.24) is 14.8 Å². The predicted molar refractivity (Wildman–Crippen MR) is 61.6 cm³/mol. The lowest BCUT2D eigenvalue weighted by molar-refractivity contribution is 0.493.